The molecular weight excluding hydrogens is 413 g/mol. The van der Waals surface area contributed by atoms with E-state index in [0.29, 0.717) is 22.9 Å². The summed E-state index contributed by atoms with van der Waals surface area (Å²) in [6, 6.07) is 0. The van der Waals surface area contributed by atoms with Gasteiger partial charge in [-0.2, -0.15) is 5.10 Å². The van der Waals surface area contributed by atoms with Crippen LogP contribution in [-0.2, 0) is 22.5 Å². The van der Waals surface area contributed by atoms with Gasteiger partial charge in [0.2, 0.25) is 5.91 Å². The Balaban J connectivity index is 2.24. The van der Waals surface area contributed by atoms with E-state index in [1.54, 1.807) is 6.92 Å². The van der Waals surface area contributed by atoms with Crippen molar-refractivity contribution in [3.05, 3.63) is 43.1 Å². The van der Waals surface area contributed by atoms with E-state index in [1.165, 1.54) is 17.5 Å². The van der Waals surface area contributed by atoms with E-state index in [2.05, 4.69) is 10.4 Å². The monoisotopic (exact) mass is 431 g/mol. The van der Waals surface area contributed by atoms with Crippen LogP contribution in [0.15, 0.2) is 16.4 Å². The Kier molecular flexibility index (Phi) is 7.41. The van der Waals surface area contributed by atoms with Gasteiger partial charge in [-0.15, -0.1) is 11.3 Å². The molecule has 0 aromatic carbocycles. The summed E-state index contributed by atoms with van der Waals surface area (Å²) in [4.78, 5) is 36.7. The smallest absolute Gasteiger partial charge is 0.341 e. The summed E-state index contributed by atoms with van der Waals surface area (Å²) in [6.45, 7) is 5.65. The van der Waals surface area contributed by atoms with E-state index in [-0.39, 0.29) is 23.2 Å². The fourth-order valence-corrected chi connectivity index (χ4v) is 3.61. The topological polar surface area (TPSA) is 90.3 Å². The molecule has 0 unspecified atom stereocenters. The van der Waals surface area contributed by atoms with Gasteiger partial charge in [-0.3, -0.25) is 9.59 Å². The van der Waals surface area contributed by atoms with Crippen LogP contribution in [-0.4, -0.2) is 28.3 Å². The van der Waals surface area contributed by atoms with Crippen LogP contribution in [0.3, 0.4) is 0 Å². The van der Waals surface area contributed by atoms with Gasteiger partial charge in [-0.05, 0) is 30.2 Å². The predicted octanol–water partition coefficient (Wildman–Crippen LogP) is 3.63. The molecule has 0 bridgehead atoms. The van der Waals surface area contributed by atoms with Gasteiger partial charge in [0.25, 0.3) is 5.56 Å². The van der Waals surface area contributed by atoms with Crippen LogP contribution in [0.4, 0.5) is 5.00 Å². The van der Waals surface area contributed by atoms with Crippen LogP contribution in [0, 0.1) is 5.92 Å². The van der Waals surface area contributed by atoms with Crippen molar-refractivity contribution in [1.29, 1.82) is 0 Å². The standard InChI is InChI=1S/C17H19Cl2N3O4S/c1-4-26-17(25)13-10(5-9(2)3)8-27-15(13)21-12(23)7-22-16(24)14(19)11(18)6-20-22/h6,8-9H,4-5,7H2,1-3H3,(H,21,23). The Labute approximate surface area is 170 Å². The summed E-state index contributed by atoms with van der Waals surface area (Å²) in [5, 5.41) is 8.46. The van der Waals surface area contributed by atoms with Crippen molar-refractivity contribution in [2.24, 2.45) is 5.92 Å². The Bertz CT molecular complexity index is 908. The lowest BCUT2D eigenvalue weighted by Crippen LogP contribution is -2.30. The van der Waals surface area contributed by atoms with E-state index in [0.717, 1.165) is 10.2 Å². The Morgan fingerprint density at radius 2 is 2.07 bits per heavy atom. The SMILES string of the molecule is CCOC(=O)c1c(CC(C)C)csc1NC(=O)Cn1ncc(Cl)c(Cl)c1=O. The first kappa shape index (κ1) is 21.4. The number of amides is 1. The van der Waals surface area contributed by atoms with Gasteiger partial charge in [0, 0.05) is 0 Å². The third-order valence-corrected chi connectivity index (χ3v) is 5.16. The number of anilines is 1. The molecule has 27 heavy (non-hydrogen) atoms. The lowest BCUT2D eigenvalue weighted by atomic mass is 10.0. The molecule has 2 rings (SSSR count). The van der Waals surface area contributed by atoms with Crippen LogP contribution in [0.2, 0.25) is 10.0 Å². The summed E-state index contributed by atoms with van der Waals surface area (Å²) in [7, 11) is 0. The molecule has 0 aliphatic rings. The molecule has 0 aliphatic carbocycles. The highest BCUT2D eigenvalue weighted by Crippen LogP contribution is 2.31. The van der Waals surface area contributed by atoms with Crippen LogP contribution in [0.1, 0.15) is 36.7 Å². The van der Waals surface area contributed by atoms with E-state index >= 15 is 0 Å². The summed E-state index contributed by atoms with van der Waals surface area (Å²) in [5.41, 5.74) is 0.489. The van der Waals surface area contributed by atoms with Crippen LogP contribution in [0.5, 0.6) is 0 Å². The number of carbonyl (C=O) groups is 2. The minimum Gasteiger partial charge on any atom is -0.462 e. The molecule has 1 amide bonds. The predicted molar refractivity (Wildman–Crippen MR) is 106 cm³/mol. The summed E-state index contributed by atoms with van der Waals surface area (Å²) >= 11 is 12.7. The van der Waals surface area contributed by atoms with Gasteiger partial charge in [0.05, 0.1) is 23.4 Å². The van der Waals surface area contributed by atoms with Crippen molar-refractivity contribution in [3.63, 3.8) is 0 Å². The zero-order valence-electron chi connectivity index (χ0n) is 15.0. The number of thiophene rings is 1. The summed E-state index contributed by atoms with van der Waals surface area (Å²) < 4.78 is 6.01. The fourth-order valence-electron chi connectivity index (χ4n) is 2.36. The number of rotatable bonds is 7. The van der Waals surface area contributed by atoms with Gasteiger partial charge in [-0.25, -0.2) is 9.48 Å². The van der Waals surface area contributed by atoms with Gasteiger partial charge >= 0.3 is 5.97 Å². The average Bonchev–Trinajstić information content (AvgIpc) is 2.97. The molecule has 2 heterocycles. The number of halogens is 2. The highest BCUT2D eigenvalue weighted by Gasteiger charge is 2.22. The van der Waals surface area contributed by atoms with Crippen molar-refractivity contribution >= 4 is 51.4 Å². The average molecular weight is 432 g/mol. The number of carbonyl (C=O) groups excluding carboxylic acids is 2. The first-order chi connectivity index (χ1) is 12.7. The number of nitrogens with one attached hydrogen (secondary N) is 1. The molecule has 146 valence electrons. The summed E-state index contributed by atoms with van der Waals surface area (Å²) in [5.74, 6) is -0.684. The molecule has 0 atom stereocenters. The third-order valence-electron chi connectivity index (χ3n) is 3.46. The molecule has 0 saturated heterocycles. The van der Waals surface area contributed by atoms with Crippen LogP contribution < -0.4 is 10.9 Å². The minimum atomic E-state index is -0.670. The second kappa shape index (κ2) is 9.34. The lowest BCUT2D eigenvalue weighted by Gasteiger charge is -2.10. The van der Waals surface area contributed by atoms with E-state index in [9.17, 15) is 14.4 Å². The van der Waals surface area contributed by atoms with Crippen molar-refractivity contribution in [2.45, 2.75) is 33.7 Å². The van der Waals surface area contributed by atoms with Crippen molar-refractivity contribution in [3.8, 4) is 0 Å². The molecule has 7 nitrogen and oxygen atoms in total. The largest absolute Gasteiger partial charge is 0.462 e. The molecule has 0 saturated carbocycles. The second-order valence-electron chi connectivity index (χ2n) is 6.10. The van der Waals surface area contributed by atoms with Crippen molar-refractivity contribution in [1.82, 2.24) is 9.78 Å². The summed E-state index contributed by atoms with van der Waals surface area (Å²) in [6.07, 6.45) is 1.86. The first-order valence-corrected chi connectivity index (χ1v) is 9.86. The molecular formula is C17H19Cl2N3O4S. The Hall–Kier alpha value is -1.90. The van der Waals surface area contributed by atoms with Crippen LogP contribution >= 0.6 is 34.5 Å². The van der Waals surface area contributed by atoms with Crippen molar-refractivity contribution in [2.75, 3.05) is 11.9 Å². The zero-order valence-corrected chi connectivity index (χ0v) is 17.4. The van der Waals surface area contributed by atoms with Gasteiger partial charge < -0.3 is 10.1 Å². The molecule has 10 heteroatoms. The highest BCUT2D eigenvalue weighted by molar-refractivity contribution is 7.15. The highest BCUT2D eigenvalue weighted by atomic mass is 35.5. The van der Waals surface area contributed by atoms with E-state index in [4.69, 9.17) is 27.9 Å². The third kappa shape index (κ3) is 5.31. The lowest BCUT2D eigenvalue weighted by molar-refractivity contribution is -0.117. The van der Waals surface area contributed by atoms with Crippen molar-refractivity contribution < 1.29 is 14.3 Å². The normalized spacial score (nSPS) is 10.9. The zero-order chi connectivity index (χ0) is 20.1. The van der Waals surface area contributed by atoms with Gasteiger partial charge in [0.1, 0.15) is 16.6 Å². The molecule has 0 spiro atoms. The van der Waals surface area contributed by atoms with Gasteiger partial charge in [-0.1, -0.05) is 37.0 Å². The number of nitrogens with zero attached hydrogens (tertiary/aromatic N) is 2. The molecule has 0 aliphatic heterocycles. The molecule has 0 radical (unpaired) electrons. The number of esters is 1. The molecule has 2 aromatic heterocycles. The van der Waals surface area contributed by atoms with E-state index < -0.39 is 17.4 Å². The second-order valence-corrected chi connectivity index (χ2v) is 7.77. The fraction of sp³-hybridized carbons (Fsp3) is 0.412. The molecule has 0 fully saturated rings. The first-order valence-electron chi connectivity index (χ1n) is 8.23. The maximum atomic E-state index is 12.4. The minimum absolute atomic E-state index is 0.0134. The van der Waals surface area contributed by atoms with Gasteiger partial charge in [0.15, 0.2) is 0 Å². The Morgan fingerprint density at radius 3 is 2.70 bits per heavy atom. The number of hydrogen-bond acceptors (Lipinski definition) is 6. The quantitative estimate of drug-likeness (QED) is 0.675. The maximum absolute atomic E-state index is 12.4. The Morgan fingerprint density at radius 1 is 1.37 bits per heavy atom. The number of hydrogen-bond donors (Lipinski definition) is 1. The van der Waals surface area contributed by atoms with Crippen LogP contribution in [0.25, 0.3) is 0 Å². The van der Waals surface area contributed by atoms with E-state index in [1.807, 2.05) is 19.2 Å². The molecule has 1 N–H and O–H groups in total. The number of ether oxygens (including phenoxy) is 1. The molecule has 2 aromatic rings. The maximum Gasteiger partial charge on any atom is 0.341 e. The number of aromatic nitrogens is 2.